The Morgan fingerprint density at radius 3 is 2.46 bits per heavy atom. The molecule has 2 N–H and O–H groups in total. The van der Waals surface area contributed by atoms with Crippen LogP contribution in [0, 0.1) is 11.8 Å². The summed E-state index contributed by atoms with van der Waals surface area (Å²) in [6.45, 7) is 3.14. The molecule has 6 rings (SSSR count). The van der Waals surface area contributed by atoms with Crippen LogP contribution in [0.5, 0.6) is 0 Å². The van der Waals surface area contributed by atoms with Crippen LogP contribution in [0.2, 0.25) is 5.02 Å². The fourth-order valence-corrected chi connectivity index (χ4v) is 7.94. The van der Waals surface area contributed by atoms with Crippen molar-refractivity contribution in [3.63, 3.8) is 0 Å². The van der Waals surface area contributed by atoms with Gasteiger partial charge in [-0.2, -0.15) is 0 Å². The Balaban J connectivity index is 1.48. The second kappa shape index (κ2) is 12.9. The first kappa shape index (κ1) is 32.4. The predicted molar refractivity (Wildman–Crippen MR) is 174 cm³/mol. The second-order valence-electron chi connectivity index (χ2n) is 12.2. The minimum atomic E-state index is -1.50. The molecule has 2 fully saturated rings. The van der Waals surface area contributed by atoms with Crippen LogP contribution in [-0.2, 0) is 28.7 Å². The molecule has 10 nitrogen and oxygen atoms in total. The van der Waals surface area contributed by atoms with Gasteiger partial charge in [0.15, 0.2) is 0 Å². The summed E-state index contributed by atoms with van der Waals surface area (Å²) in [5.41, 5.74) is -0.297. The zero-order chi connectivity index (χ0) is 32.7. The van der Waals surface area contributed by atoms with Crippen molar-refractivity contribution in [2.75, 3.05) is 18.1 Å². The van der Waals surface area contributed by atoms with E-state index in [0.29, 0.717) is 27.2 Å². The molecule has 0 radical (unpaired) electrons. The lowest BCUT2D eigenvalue weighted by Gasteiger charge is -2.37. The molecule has 2 aromatic carbocycles. The number of ether oxygens (including phenoxy) is 2. The summed E-state index contributed by atoms with van der Waals surface area (Å²) >= 11 is 9.73. The number of aliphatic hydroxyl groups is 1. The van der Waals surface area contributed by atoms with Gasteiger partial charge in [0.2, 0.25) is 11.8 Å². The Bertz CT molecular complexity index is 1580. The van der Waals surface area contributed by atoms with Crippen molar-refractivity contribution in [3.8, 4) is 0 Å². The summed E-state index contributed by atoms with van der Waals surface area (Å²) in [4.78, 5) is 59.3. The van der Waals surface area contributed by atoms with E-state index >= 15 is 0 Å². The van der Waals surface area contributed by atoms with Gasteiger partial charge < -0.3 is 29.7 Å². The van der Waals surface area contributed by atoms with Gasteiger partial charge in [0, 0.05) is 28.2 Å². The third kappa shape index (κ3) is 5.57. The van der Waals surface area contributed by atoms with Crippen molar-refractivity contribution in [2.45, 2.75) is 62.6 Å². The molecule has 0 unspecified atom stereocenters. The highest BCUT2D eigenvalue weighted by Gasteiger charge is 2.75. The van der Waals surface area contributed by atoms with E-state index in [1.807, 2.05) is 36.4 Å². The maximum absolute atomic E-state index is 14.8. The van der Waals surface area contributed by atoms with E-state index in [2.05, 4.69) is 21.2 Å². The van der Waals surface area contributed by atoms with E-state index in [1.54, 1.807) is 50.3 Å². The number of carbonyl (C=O) groups is 4. The maximum Gasteiger partial charge on any atom is 0.313 e. The van der Waals surface area contributed by atoms with Gasteiger partial charge in [0.05, 0.1) is 24.6 Å². The van der Waals surface area contributed by atoms with Crippen LogP contribution in [0.25, 0.3) is 0 Å². The molecule has 8 atom stereocenters. The Hall–Kier alpha value is -3.51. The van der Waals surface area contributed by atoms with Crippen molar-refractivity contribution in [2.24, 2.45) is 11.8 Å². The molecule has 2 saturated heterocycles. The average molecular weight is 713 g/mol. The van der Waals surface area contributed by atoms with Crippen LogP contribution < -0.4 is 10.2 Å². The number of likely N-dealkylation sites (tertiary alicyclic amines) is 1. The number of aliphatic hydroxyl groups excluding tert-OH is 1. The number of amides is 3. The quantitative estimate of drug-likeness (QED) is 0.362. The van der Waals surface area contributed by atoms with E-state index < -0.39 is 72.2 Å². The topological polar surface area (TPSA) is 125 Å². The van der Waals surface area contributed by atoms with Crippen LogP contribution in [0.1, 0.15) is 38.4 Å². The molecule has 4 heterocycles. The molecule has 0 saturated carbocycles. The number of allylic oxidation sites excluding steroid dienone is 1. The van der Waals surface area contributed by atoms with Gasteiger partial charge in [-0.25, -0.2) is 0 Å². The fraction of sp³-hybridized carbons (Fsp3) is 0.412. The number of esters is 1. The van der Waals surface area contributed by atoms with Crippen LogP contribution in [-0.4, -0.2) is 76.7 Å². The number of carbonyl (C=O) groups excluding carboxylic acids is 4. The van der Waals surface area contributed by atoms with E-state index in [4.69, 9.17) is 21.1 Å². The minimum Gasteiger partial charge on any atom is -0.455 e. The van der Waals surface area contributed by atoms with Crippen LogP contribution in [0.4, 0.5) is 5.69 Å². The predicted octanol–water partition coefficient (Wildman–Crippen LogP) is 4.07. The third-order valence-corrected chi connectivity index (χ3v) is 10.2. The number of benzene rings is 2. The van der Waals surface area contributed by atoms with Crippen LogP contribution in [0.3, 0.4) is 0 Å². The Kier molecular flexibility index (Phi) is 9.13. The van der Waals surface area contributed by atoms with Crippen molar-refractivity contribution >= 4 is 56.9 Å². The number of hydrogen-bond acceptors (Lipinski definition) is 7. The molecular formula is C34H35BrClN3O7. The molecule has 1 spiro atoms. The summed E-state index contributed by atoms with van der Waals surface area (Å²) in [5.74, 6) is -4.02. The van der Waals surface area contributed by atoms with Gasteiger partial charge in [-0.15, -0.1) is 0 Å². The van der Waals surface area contributed by atoms with Gasteiger partial charge in [-0.1, -0.05) is 70.0 Å². The van der Waals surface area contributed by atoms with Gasteiger partial charge in [-0.05, 0) is 56.2 Å². The van der Waals surface area contributed by atoms with E-state index in [-0.39, 0.29) is 18.9 Å². The van der Waals surface area contributed by atoms with Gasteiger partial charge in [-0.3, -0.25) is 19.2 Å². The molecule has 4 aliphatic rings. The minimum absolute atomic E-state index is 0.126. The van der Waals surface area contributed by atoms with E-state index in [9.17, 15) is 24.3 Å². The number of halogens is 2. The van der Waals surface area contributed by atoms with E-state index in [0.717, 1.165) is 0 Å². The Labute approximate surface area is 280 Å². The van der Waals surface area contributed by atoms with Gasteiger partial charge >= 0.3 is 5.97 Å². The summed E-state index contributed by atoms with van der Waals surface area (Å²) < 4.78 is 13.3. The first-order chi connectivity index (χ1) is 22.1. The molecule has 12 heteroatoms. The number of anilines is 1. The van der Waals surface area contributed by atoms with Crippen molar-refractivity contribution in [3.05, 3.63) is 87.9 Å². The largest absolute Gasteiger partial charge is 0.455 e. The lowest BCUT2D eigenvalue weighted by Crippen LogP contribution is -2.58. The van der Waals surface area contributed by atoms with Crippen LogP contribution in [0.15, 0.2) is 77.3 Å². The highest BCUT2D eigenvalue weighted by Crippen LogP contribution is 2.59. The maximum atomic E-state index is 14.8. The lowest BCUT2D eigenvalue weighted by atomic mass is 9.74. The molecule has 46 heavy (non-hydrogen) atoms. The number of rotatable bonds is 4. The molecule has 5 bridgehead atoms. The zero-order valence-corrected chi connectivity index (χ0v) is 27.7. The molecule has 3 amide bonds. The van der Waals surface area contributed by atoms with Crippen molar-refractivity contribution in [1.29, 1.82) is 0 Å². The second-order valence-corrected chi connectivity index (χ2v) is 13.5. The van der Waals surface area contributed by atoms with Crippen molar-refractivity contribution in [1.82, 2.24) is 10.2 Å². The zero-order valence-electron chi connectivity index (χ0n) is 25.3. The third-order valence-electron chi connectivity index (χ3n) is 9.22. The summed E-state index contributed by atoms with van der Waals surface area (Å²) in [7, 11) is 0. The summed E-state index contributed by atoms with van der Waals surface area (Å²) in [6, 6.07) is 13.3. The summed E-state index contributed by atoms with van der Waals surface area (Å²) in [5, 5.41) is 13.7. The number of nitrogens with zero attached hydrogens (tertiary/aromatic N) is 2. The normalized spacial score (nSPS) is 32.9. The molecule has 0 aliphatic carbocycles. The monoisotopic (exact) mass is 711 g/mol. The number of cyclic esters (lactones) is 1. The number of nitrogens with one attached hydrogen (secondary N) is 1. The number of hydrogen-bond donors (Lipinski definition) is 2. The highest BCUT2D eigenvalue weighted by atomic mass is 79.9. The van der Waals surface area contributed by atoms with Gasteiger partial charge in [0.25, 0.3) is 5.91 Å². The first-order valence-electron chi connectivity index (χ1n) is 15.3. The Morgan fingerprint density at radius 1 is 1.04 bits per heavy atom. The highest BCUT2D eigenvalue weighted by molar-refractivity contribution is 9.11. The smallest absolute Gasteiger partial charge is 0.313 e. The molecule has 2 aromatic rings. The molecule has 0 aromatic heterocycles. The standard InChI is InChI=1S/C34H35BrClN3O7/c1-19(18-40)39-30-32(43)38(23-14-12-22(36)13-15-23)16-8-4-7-11-25(41)37-20(2)28(21-9-5-3-6-10-21)45-33(44)26-27(31(39)42)34(30)17-24(35)29(26)46-34/h3-6,8-10,12-15,17,19-20,26-30,40H,7,11,16,18H2,1-2H3,(H,37,41)/b8-4-/t19-,20-,26+,27-,28+,29+,30+,34-/m1/s1. The van der Waals surface area contributed by atoms with Crippen LogP contribution >= 0.6 is 27.5 Å². The molecular weight excluding hydrogens is 678 g/mol. The molecule has 4 aliphatic heterocycles. The fourth-order valence-electron chi connectivity index (χ4n) is 7.08. The summed E-state index contributed by atoms with van der Waals surface area (Å²) in [6.07, 6.45) is 4.21. The number of fused-ring (bicyclic) bond motifs is 2. The Morgan fingerprint density at radius 2 is 1.76 bits per heavy atom. The lowest BCUT2D eigenvalue weighted by molar-refractivity contribution is -0.161. The van der Waals surface area contributed by atoms with E-state index in [1.165, 1.54) is 9.80 Å². The SMILES string of the molecule is C[C@H](CO)N1C(=O)[C@H]2[C@@H]3C(=O)O[C@H](c4ccccc4)[C@@H](C)NC(=O)CC/C=C\CN(c4ccc(Cl)cc4)C(=O)[C@H]1[C@@]21C=C(Br)[C@@H]3O1. The first-order valence-corrected chi connectivity index (χ1v) is 16.5. The molecule has 242 valence electrons. The van der Waals surface area contributed by atoms with Crippen molar-refractivity contribution < 1.29 is 33.8 Å². The van der Waals surface area contributed by atoms with Gasteiger partial charge in [0.1, 0.15) is 29.8 Å². The average Bonchev–Trinajstić information content (AvgIpc) is 3.64.